The van der Waals surface area contributed by atoms with Crippen LogP contribution in [-0.4, -0.2) is 51.1 Å². The van der Waals surface area contributed by atoms with Crippen molar-refractivity contribution in [3.63, 3.8) is 0 Å². The van der Waals surface area contributed by atoms with Gasteiger partial charge in [-0.1, -0.05) is 0 Å². The van der Waals surface area contributed by atoms with Gasteiger partial charge in [0.15, 0.2) is 5.60 Å². The van der Waals surface area contributed by atoms with Gasteiger partial charge in [-0.2, -0.15) is 5.26 Å². The number of nitriles is 1. The van der Waals surface area contributed by atoms with Gasteiger partial charge >= 0.3 is 243 Å². The minimum absolute atomic E-state index is 0.220. The van der Waals surface area contributed by atoms with Crippen LogP contribution in [0.2, 0.25) is 0 Å². The molecule has 0 N–H and O–H groups in total. The van der Waals surface area contributed by atoms with E-state index in [2.05, 4.69) is 67.0 Å². The molecule has 5 aliphatic rings. The van der Waals surface area contributed by atoms with E-state index in [0.29, 0.717) is 49.6 Å². The number of halogens is 3. The third-order valence-electron chi connectivity index (χ3n) is 9.26. The average Bonchev–Trinajstić information content (AvgIpc) is 3.14. The second kappa shape index (κ2) is 14.2. The molecule has 4 bridgehead atoms. The van der Waals surface area contributed by atoms with Gasteiger partial charge in [-0.15, -0.1) is 0 Å². The second-order valence-electron chi connectivity index (χ2n) is 12.3. The zero-order valence-corrected chi connectivity index (χ0v) is 31.9. The Hall–Kier alpha value is -0.640. The molecular weight excluding hydrogens is 792 g/mol. The van der Waals surface area contributed by atoms with E-state index in [-0.39, 0.29) is 25.6 Å². The number of thiol groups is 1. The monoisotopic (exact) mass is 837 g/mol. The third-order valence-corrected chi connectivity index (χ3v) is 18.9. The molecule has 232 valence electrons. The Balaban J connectivity index is 1.59. The number of carbonyl (C=O) groups is 1. The van der Waals surface area contributed by atoms with Gasteiger partial charge in [-0.25, -0.2) is 4.79 Å². The molecule has 2 fully saturated rings. The van der Waals surface area contributed by atoms with Crippen molar-refractivity contribution < 1.29 is 9.53 Å². The fraction of sp³-hybridized carbons (Fsp3) is 0.636. The summed E-state index contributed by atoms with van der Waals surface area (Å²) >= 11 is 10.9. The minimum atomic E-state index is -1.26. The Morgan fingerprint density at radius 3 is 2.74 bits per heavy atom. The molecule has 9 heteroatoms. The predicted octanol–water partition coefficient (Wildman–Crippen LogP) is 9.44. The van der Waals surface area contributed by atoms with Crippen LogP contribution < -0.4 is 0 Å². The van der Waals surface area contributed by atoms with Crippen molar-refractivity contribution in [2.24, 2.45) is 26.9 Å². The third kappa shape index (κ3) is 7.09. The van der Waals surface area contributed by atoms with Gasteiger partial charge in [0, 0.05) is 0 Å². The maximum absolute atomic E-state index is 12.9. The summed E-state index contributed by atoms with van der Waals surface area (Å²) in [6, 6.07) is 2.06. The zero-order valence-electron chi connectivity index (χ0n) is 26.0. The van der Waals surface area contributed by atoms with Crippen molar-refractivity contribution >= 4 is 78.9 Å². The van der Waals surface area contributed by atoms with E-state index in [1.807, 2.05) is 0 Å². The van der Waals surface area contributed by atoms with Crippen molar-refractivity contribution in [1.29, 1.82) is 5.26 Å². The normalized spacial score (nSPS) is 31.0. The van der Waals surface area contributed by atoms with E-state index in [0.717, 1.165) is 15.3 Å². The number of ether oxygens (including phenoxy) is 1. The SMILES string of the molecule is C/C=C(/C(=C\CC=IC(C)=NI(C)C(C)CC)C1=C(S)CCN(C(=O)OC(C)(C)C#N)CC1)C1C2C3C=CC1(Cl)[C@@H]2C3. The number of hydrogen-bond acceptors (Lipinski definition) is 5. The van der Waals surface area contributed by atoms with Gasteiger partial charge in [0.2, 0.25) is 0 Å². The molecule has 4 aliphatic carbocycles. The molecule has 1 aliphatic heterocycles. The number of rotatable bonds is 10. The Labute approximate surface area is 281 Å². The Kier molecular flexibility index (Phi) is 11.6. The van der Waals surface area contributed by atoms with E-state index in [4.69, 9.17) is 32.2 Å². The van der Waals surface area contributed by atoms with Crippen molar-refractivity contribution in [3.8, 4) is 6.07 Å². The first-order chi connectivity index (χ1) is 19.9. The molecule has 0 aromatic carbocycles. The van der Waals surface area contributed by atoms with Gasteiger partial charge in [-0.3, -0.25) is 0 Å². The summed E-state index contributed by atoms with van der Waals surface area (Å²) in [6.45, 7) is 13.3. The first kappa shape index (κ1) is 34.2. The first-order valence-electron chi connectivity index (χ1n) is 15.0. The van der Waals surface area contributed by atoms with Crippen molar-refractivity contribution in [1.82, 2.24) is 4.90 Å². The molecule has 1 heterocycles. The molecule has 5 nitrogen and oxygen atoms in total. The van der Waals surface area contributed by atoms with Gasteiger partial charge in [0.25, 0.3) is 0 Å². The van der Waals surface area contributed by atoms with E-state index in [9.17, 15) is 10.1 Å². The molecule has 2 saturated carbocycles. The zero-order chi connectivity index (χ0) is 30.8. The number of nitrogens with zero attached hydrogens (tertiary/aromatic N) is 3. The summed E-state index contributed by atoms with van der Waals surface area (Å²) in [5, 5.41) is 9.35. The van der Waals surface area contributed by atoms with Crippen LogP contribution >= 0.6 is 65.1 Å². The fourth-order valence-electron chi connectivity index (χ4n) is 6.64. The molecule has 0 spiro atoms. The van der Waals surface area contributed by atoms with Crippen molar-refractivity contribution in [2.75, 3.05) is 18.0 Å². The van der Waals surface area contributed by atoms with Crippen molar-refractivity contribution in [3.05, 3.63) is 45.9 Å². The number of amides is 1. The molecule has 0 aromatic heterocycles. The molecule has 5 rings (SSSR count). The molecule has 42 heavy (non-hydrogen) atoms. The summed E-state index contributed by atoms with van der Waals surface area (Å²) in [6.07, 6.45) is 13.5. The Bertz CT molecular complexity index is 1300. The van der Waals surface area contributed by atoms with Crippen molar-refractivity contribution in [2.45, 2.75) is 88.0 Å². The van der Waals surface area contributed by atoms with Crippen LogP contribution in [-0.2, 0) is 4.74 Å². The van der Waals surface area contributed by atoms with Gasteiger partial charge in [0.05, 0.1) is 0 Å². The number of hydrogen-bond donors (Lipinski definition) is 1. The van der Waals surface area contributed by atoms with Gasteiger partial charge in [-0.05, 0) is 13.8 Å². The van der Waals surface area contributed by atoms with E-state index in [1.54, 1.807) is 18.7 Å². The molecule has 6 atom stereocenters. The fourth-order valence-corrected chi connectivity index (χ4v) is 14.2. The predicted molar refractivity (Wildman–Crippen MR) is 199 cm³/mol. The van der Waals surface area contributed by atoms with Crippen LogP contribution in [0.4, 0.5) is 4.79 Å². The number of allylic oxidation sites excluding steroid dienone is 6. The van der Waals surface area contributed by atoms with E-state index in [1.165, 1.54) is 33.3 Å². The molecular formula is C33H46ClI2N3O2S. The van der Waals surface area contributed by atoms with Crippen LogP contribution in [0.3, 0.4) is 0 Å². The van der Waals surface area contributed by atoms with Crippen LogP contribution in [0.5, 0.6) is 0 Å². The first-order valence-corrected chi connectivity index (χ1v) is 22.5. The van der Waals surface area contributed by atoms with Crippen LogP contribution in [0.1, 0.15) is 73.6 Å². The quantitative estimate of drug-likeness (QED) is 0.0596. The summed E-state index contributed by atoms with van der Waals surface area (Å²) in [7, 11) is 0. The molecule has 0 aromatic rings. The van der Waals surface area contributed by atoms with Gasteiger partial charge in [0.1, 0.15) is 6.07 Å². The van der Waals surface area contributed by atoms with Crippen LogP contribution in [0, 0.1) is 35.0 Å². The molecule has 0 radical (unpaired) electrons. The summed E-state index contributed by atoms with van der Waals surface area (Å²) < 4.78 is 15.2. The Morgan fingerprint density at radius 2 is 2.14 bits per heavy atom. The number of alkyl halides is 3. The standard InChI is InChI=1S/C33H46ClI2N3O2S/c1-8-21(3)36(7)38-22(4)35-16-10-11-25(24(9-2)30-29-23-12-15-33(30,34)27(29)19-23)26-13-17-39(18-14-28(26)42)31(40)41-32(5,6)20-37/h9,11-12,15-16,21,23,27,29-30,42H,8,10,13-14,17-19H2,1-7H3/b24-9-,25-11+,38-22?/t21?,23?,27-,29?,30?,33?/m1/s1. The molecule has 1 amide bonds. The summed E-state index contributed by atoms with van der Waals surface area (Å²) in [5.41, 5.74) is 2.63. The van der Waals surface area contributed by atoms with Gasteiger partial charge < -0.3 is 4.74 Å². The van der Waals surface area contributed by atoms with Crippen LogP contribution in [0.15, 0.2) is 49.1 Å². The van der Waals surface area contributed by atoms with E-state index >= 15 is 0 Å². The Morgan fingerprint density at radius 1 is 1.43 bits per heavy atom. The van der Waals surface area contributed by atoms with E-state index < -0.39 is 31.8 Å². The topological polar surface area (TPSA) is 65.7 Å². The maximum atomic E-state index is 12.9. The summed E-state index contributed by atoms with van der Waals surface area (Å²) in [4.78, 5) is 17.8. The molecule has 5 unspecified atom stereocenters. The molecule has 0 saturated heterocycles. The number of carbonyl (C=O) groups excluding carboxylic acids is 1. The summed E-state index contributed by atoms with van der Waals surface area (Å²) in [5.74, 6) is 2.14. The average molecular weight is 838 g/mol. The van der Waals surface area contributed by atoms with Crippen LogP contribution in [0.25, 0.3) is 0 Å². The second-order valence-corrected chi connectivity index (χ2v) is 21.9.